The Hall–Kier alpha value is -6.72. The van der Waals surface area contributed by atoms with Gasteiger partial charge in [-0.2, -0.15) is 0 Å². The number of aromatic nitrogens is 6. The number of amidine groups is 1. The quantitative estimate of drug-likeness (QED) is 0.0738. The maximum absolute atomic E-state index is 14.5. The van der Waals surface area contributed by atoms with Crippen LogP contribution in [0.4, 0.5) is 0 Å². The summed E-state index contributed by atoms with van der Waals surface area (Å²) in [4.78, 5) is 65.9. The van der Waals surface area contributed by atoms with Gasteiger partial charge < -0.3 is 44.9 Å². The molecule has 5 N–H and O–H groups in total. The van der Waals surface area contributed by atoms with Gasteiger partial charge in [-0.15, -0.1) is 0 Å². The van der Waals surface area contributed by atoms with Crippen molar-refractivity contribution in [1.29, 1.82) is 0 Å². The SMILES string of the molecule is COC(C)=NC(C(=O)NC1C2C(Cc3nc4ccc(-c5ccc6nc(-c7ccc8nc(C9CC(C)=C(C)N9C(=O)C(N=C(N)OC)C9CCOCC9)[nH]c8c7)cnc6c5)cc4[nH]3)C12)C1CCOCC1. The maximum atomic E-state index is 14.5. The first-order valence-electron chi connectivity index (χ1n) is 24.2. The van der Waals surface area contributed by atoms with Crippen LogP contribution in [-0.4, -0.2) is 117 Å². The first-order valence-corrected chi connectivity index (χ1v) is 24.2. The van der Waals surface area contributed by atoms with Crippen LogP contribution in [-0.2, 0) is 35.0 Å². The number of carbonyl (C=O) groups is 2. The molecule has 5 unspecified atom stereocenters. The Morgan fingerprint density at radius 2 is 1.43 bits per heavy atom. The van der Waals surface area contributed by atoms with E-state index in [0.717, 1.165) is 91.8 Å². The van der Waals surface area contributed by atoms with Crippen molar-refractivity contribution >= 4 is 56.8 Å². The highest BCUT2D eigenvalue weighted by Crippen LogP contribution is 2.69. The van der Waals surface area contributed by atoms with E-state index < -0.39 is 12.1 Å². The predicted molar refractivity (Wildman–Crippen MR) is 262 cm³/mol. The Morgan fingerprint density at radius 3 is 2.14 bits per heavy atom. The molecule has 3 aromatic carbocycles. The molecule has 11 rings (SSSR count). The Balaban J connectivity index is 0.752. The molecule has 17 heteroatoms. The third-order valence-corrected chi connectivity index (χ3v) is 15.3. The van der Waals surface area contributed by atoms with Gasteiger partial charge in [0.1, 0.15) is 23.7 Å². The predicted octanol–water partition coefficient (Wildman–Crippen LogP) is 6.80. The second-order valence-corrected chi connectivity index (χ2v) is 19.4. The molecule has 5 atom stereocenters. The lowest BCUT2D eigenvalue weighted by Gasteiger charge is -2.33. The van der Waals surface area contributed by atoms with Gasteiger partial charge in [0, 0.05) is 57.1 Å². The standard InChI is InChI=1S/C52H59N11O6/c1-26-20-42(63(27(26)2)51(65)47(62-52(53)67-5)30-14-18-69-19-15-30)49-59-37-11-8-33(23-40(37)60-49)41-25-54-38-21-31(6-9-35(38)56-41)32-7-10-36-39(22-32)58-43(57-36)24-34-44-45(34)48(44)61-50(64)46(55-28(3)66-4)29-12-16-68-17-13-29/h6-11,21-23,25,29-30,34,42,44-48H,12-20,24H2,1-5H3,(H2,53,62)(H,57,58)(H,59,60)(H,61,64). The van der Waals surface area contributed by atoms with E-state index >= 15 is 0 Å². The zero-order valence-electron chi connectivity index (χ0n) is 39.7. The van der Waals surface area contributed by atoms with Crippen molar-refractivity contribution in [2.75, 3.05) is 40.6 Å². The van der Waals surface area contributed by atoms with Gasteiger partial charge in [-0.05, 0) is 123 Å². The molecule has 4 fully saturated rings. The molecule has 2 saturated heterocycles. The minimum Gasteiger partial charge on any atom is -0.484 e. The average Bonchev–Trinajstić information content (AvgIpc) is 4.08. The number of allylic oxidation sites excluding steroid dienone is 1. The number of methoxy groups -OCH3 is 2. The smallest absolute Gasteiger partial charge is 0.282 e. The third-order valence-electron chi connectivity index (χ3n) is 15.3. The molecule has 6 aromatic rings. The van der Waals surface area contributed by atoms with Gasteiger partial charge in [0.2, 0.25) is 5.91 Å². The first-order chi connectivity index (χ1) is 33.5. The molecule has 69 heavy (non-hydrogen) atoms. The number of ether oxygens (including phenoxy) is 4. The highest BCUT2D eigenvalue weighted by molar-refractivity contribution is 5.90. The summed E-state index contributed by atoms with van der Waals surface area (Å²) < 4.78 is 21.7. The van der Waals surface area contributed by atoms with Crippen molar-refractivity contribution in [2.45, 2.75) is 83.5 Å². The summed E-state index contributed by atoms with van der Waals surface area (Å²) in [5.74, 6) is 3.72. The lowest BCUT2D eigenvalue weighted by molar-refractivity contribution is -0.134. The van der Waals surface area contributed by atoms with Crippen molar-refractivity contribution in [3.63, 3.8) is 0 Å². The number of nitrogens with one attached hydrogen (secondary N) is 3. The summed E-state index contributed by atoms with van der Waals surface area (Å²) in [7, 11) is 3.05. The number of hydrogen-bond donors (Lipinski definition) is 4. The Bertz CT molecular complexity index is 3050. The number of fused-ring (bicyclic) bond motifs is 4. The Morgan fingerprint density at radius 1 is 0.797 bits per heavy atom. The fourth-order valence-electron chi connectivity index (χ4n) is 11.0. The van der Waals surface area contributed by atoms with E-state index in [-0.39, 0.29) is 41.8 Å². The summed E-state index contributed by atoms with van der Waals surface area (Å²) >= 11 is 0. The number of H-pyrrole nitrogens is 2. The number of aromatic amines is 2. The largest absolute Gasteiger partial charge is 0.484 e. The number of benzene rings is 3. The minimum absolute atomic E-state index is 0.00343. The van der Waals surface area contributed by atoms with Crippen LogP contribution in [0.5, 0.6) is 0 Å². The highest BCUT2D eigenvalue weighted by atomic mass is 16.5. The van der Waals surface area contributed by atoms with E-state index in [9.17, 15) is 9.59 Å². The molecule has 0 bridgehead atoms. The molecule has 358 valence electrons. The lowest BCUT2D eigenvalue weighted by atomic mass is 9.91. The number of nitrogens with two attached hydrogens (primary N) is 1. The zero-order valence-corrected chi connectivity index (χ0v) is 39.7. The van der Waals surface area contributed by atoms with Crippen molar-refractivity contribution < 1.29 is 28.5 Å². The van der Waals surface area contributed by atoms with E-state index in [0.29, 0.717) is 75.2 Å². The molecule has 2 aliphatic carbocycles. The molecule has 3 aliphatic heterocycles. The van der Waals surface area contributed by atoms with E-state index in [4.69, 9.17) is 44.6 Å². The van der Waals surface area contributed by atoms with Gasteiger partial charge in [-0.25, -0.2) is 24.9 Å². The minimum atomic E-state index is -0.694. The second kappa shape index (κ2) is 18.3. The number of imidazole rings is 2. The van der Waals surface area contributed by atoms with Gasteiger partial charge >= 0.3 is 0 Å². The van der Waals surface area contributed by atoms with Gasteiger partial charge in [-0.1, -0.05) is 23.8 Å². The monoisotopic (exact) mass is 933 g/mol. The average molecular weight is 934 g/mol. The molecular formula is C52H59N11O6. The van der Waals surface area contributed by atoms with E-state index in [1.807, 2.05) is 42.3 Å². The molecule has 17 nitrogen and oxygen atoms in total. The van der Waals surface area contributed by atoms with Crippen LogP contribution >= 0.6 is 0 Å². The van der Waals surface area contributed by atoms with Crippen LogP contribution in [0.25, 0.3) is 55.5 Å². The molecule has 2 amide bonds. The fraction of sp³-hybridized carbons (Fsp3) is 0.462. The zero-order chi connectivity index (χ0) is 47.5. The van der Waals surface area contributed by atoms with Crippen molar-refractivity contribution in [2.24, 2.45) is 45.3 Å². The number of rotatable bonds is 12. The van der Waals surface area contributed by atoms with Crippen molar-refractivity contribution in [1.82, 2.24) is 40.1 Å². The summed E-state index contributed by atoms with van der Waals surface area (Å²) in [5.41, 5.74) is 16.9. The van der Waals surface area contributed by atoms with Gasteiger partial charge in [0.05, 0.1) is 65.3 Å². The number of nitrogens with zero attached hydrogens (tertiary/aromatic N) is 7. The van der Waals surface area contributed by atoms with E-state index in [2.05, 4.69) is 62.5 Å². The molecule has 0 spiro atoms. The van der Waals surface area contributed by atoms with E-state index in [1.54, 1.807) is 14.0 Å². The molecule has 0 radical (unpaired) electrons. The van der Waals surface area contributed by atoms with Crippen LogP contribution in [0, 0.1) is 29.6 Å². The van der Waals surface area contributed by atoms with Crippen LogP contribution in [0.3, 0.4) is 0 Å². The van der Waals surface area contributed by atoms with Gasteiger partial charge in [0.15, 0.2) is 5.90 Å². The topological polar surface area (TPSA) is 220 Å². The number of hydrogen-bond acceptors (Lipinski definition) is 12. The van der Waals surface area contributed by atoms with Gasteiger partial charge in [-0.3, -0.25) is 14.6 Å². The number of amides is 2. The lowest BCUT2D eigenvalue weighted by Crippen LogP contribution is -2.44. The van der Waals surface area contributed by atoms with E-state index in [1.165, 1.54) is 7.11 Å². The molecule has 5 aliphatic rings. The third kappa shape index (κ3) is 8.71. The summed E-state index contributed by atoms with van der Waals surface area (Å²) in [6.07, 6.45) is 6.40. The maximum Gasteiger partial charge on any atom is 0.282 e. The van der Waals surface area contributed by atoms with Crippen LogP contribution in [0.1, 0.15) is 70.6 Å². The molecule has 6 heterocycles. The molecular weight excluding hydrogens is 875 g/mol. The number of carbonyl (C=O) groups excluding carboxylic acids is 2. The van der Waals surface area contributed by atoms with Crippen LogP contribution in [0.15, 0.2) is 82.0 Å². The Labute approximate surface area is 399 Å². The number of aliphatic imine (C=N–C) groups is 2. The van der Waals surface area contributed by atoms with Gasteiger partial charge in [0.25, 0.3) is 11.9 Å². The highest BCUT2D eigenvalue weighted by Gasteiger charge is 2.73. The van der Waals surface area contributed by atoms with Crippen molar-refractivity contribution in [3.8, 4) is 22.4 Å². The van der Waals surface area contributed by atoms with Crippen LogP contribution < -0.4 is 11.1 Å². The summed E-state index contributed by atoms with van der Waals surface area (Å²) in [6, 6.07) is 17.3. The summed E-state index contributed by atoms with van der Waals surface area (Å²) in [6.45, 7) is 8.32. The fourth-order valence-corrected chi connectivity index (χ4v) is 11.0. The first kappa shape index (κ1) is 44.8. The van der Waals surface area contributed by atoms with Crippen molar-refractivity contribution in [3.05, 3.63) is 83.7 Å². The van der Waals surface area contributed by atoms with Crippen LogP contribution in [0.2, 0.25) is 0 Å². The normalized spacial score (nSPS) is 24.2. The Kier molecular flexibility index (Phi) is 11.9. The molecule has 2 saturated carbocycles. The second-order valence-electron chi connectivity index (χ2n) is 19.4. The summed E-state index contributed by atoms with van der Waals surface area (Å²) in [5, 5.41) is 3.30. The molecule has 3 aromatic heterocycles.